The molecular weight excluding hydrogens is 316 g/mol. The lowest BCUT2D eigenvalue weighted by Crippen LogP contribution is -2.43. The van der Waals surface area contributed by atoms with Crippen LogP contribution < -0.4 is 21.1 Å². The van der Waals surface area contributed by atoms with Crippen molar-refractivity contribution in [1.29, 1.82) is 0 Å². The number of nitrogens with two attached hydrogens (primary N) is 1. The van der Waals surface area contributed by atoms with Crippen LogP contribution >= 0.6 is 0 Å². The Kier molecular flexibility index (Phi) is 6.51. The molecule has 9 heteroatoms. The van der Waals surface area contributed by atoms with Crippen molar-refractivity contribution < 1.29 is 24.2 Å². The fourth-order valence-corrected chi connectivity index (χ4v) is 2.16. The summed E-state index contributed by atoms with van der Waals surface area (Å²) in [6.07, 6.45) is 2.07. The monoisotopic (exact) mass is 338 g/mol. The summed E-state index contributed by atoms with van der Waals surface area (Å²) in [7, 11) is 1.34. The summed E-state index contributed by atoms with van der Waals surface area (Å²) in [5.41, 5.74) is 4.46. The number of aromatic nitrogens is 1. The number of hydrogen-bond acceptors (Lipinski definition) is 5. The Balaban J connectivity index is 2.80. The third kappa shape index (κ3) is 4.34. The van der Waals surface area contributed by atoms with E-state index < -0.39 is 23.3 Å². The summed E-state index contributed by atoms with van der Waals surface area (Å²) < 4.78 is 4.91. The number of carbonyl (C=O) groups excluding carboxylic acids is 2. The van der Waals surface area contributed by atoms with Crippen molar-refractivity contribution in [2.75, 3.05) is 19.0 Å². The molecule has 0 radical (unpaired) electrons. The predicted octanol–water partition coefficient (Wildman–Crippen LogP) is 1.20. The van der Waals surface area contributed by atoms with E-state index in [-0.39, 0.29) is 23.7 Å². The molecule has 0 saturated heterocycles. The van der Waals surface area contributed by atoms with Crippen LogP contribution in [-0.4, -0.2) is 41.7 Å². The van der Waals surface area contributed by atoms with Gasteiger partial charge < -0.3 is 26.2 Å². The van der Waals surface area contributed by atoms with Gasteiger partial charge in [0.2, 0.25) is 5.88 Å². The zero-order valence-corrected chi connectivity index (χ0v) is 13.9. The molecular formula is C15H22N4O5. The van der Waals surface area contributed by atoms with Crippen LogP contribution in [0.5, 0.6) is 5.88 Å². The number of amides is 3. The Morgan fingerprint density at radius 1 is 1.33 bits per heavy atom. The van der Waals surface area contributed by atoms with Gasteiger partial charge in [-0.05, 0) is 18.9 Å². The number of anilines is 1. The van der Waals surface area contributed by atoms with Crippen LogP contribution in [0, 0.1) is 5.41 Å². The van der Waals surface area contributed by atoms with Crippen molar-refractivity contribution in [3.63, 3.8) is 0 Å². The van der Waals surface area contributed by atoms with E-state index >= 15 is 0 Å². The van der Waals surface area contributed by atoms with Gasteiger partial charge in [0.05, 0.1) is 24.4 Å². The van der Waals surface area contributed by atoms with E-state index in [9.17, 15) is 19.5 Å². The van der Waals surface area contributed by atoms with Crippen LogP contribution in [0.25, 0.3) is 0 Å². The second-order valence-corrected chi connectivity index (χ2v) is 5.25. The summed E-state index contributed by atoms with van der Waals surface area (Å²) >= 11 is 0. The molecule has 0 aromatic carbocycles. The fourth-order valence-electron chi connectivity index (χ4n) is 2.16. The summed E-state index contributed by atoms with van der Waals surface area (Å²) in [4.78, 5) is 38.6. The van der Waals surface area contributed by atoms with Gasteiger partial charge in [-0.15, -0.1) is 0 Å². The first-order valence-electron chi connectivity index (χ1n) is 7.41. The van der Waals surface area contributed by atoms with E-state index in [4.69, 9.17) is 10.5 Å². The molecule has 0 bridgehead atoms. The van der Waals surface area contributed by atoms with Crippen LogP contribution in [0.2, 0.25) is 0 Å². The number of carboxylic acids is 1. The molecule has 132 valence electrons. The fraction of sp³-hybridized carbons (Fsp3) is 0.467. The van der Waals surface area contributed by atoms with E-state index in [2.05, 4.69) is 15.6 Å². The molecule has 1 aromatic rings. The topological polar surface area (TPSA) is 144 Å². The normalized spacial score (nSPS) is 10.8. The Bertz CT molecular complexity index is 628. The minimum absolute atomic E-state index is 0.0204. The van der Waals surface area contributed by atoms with Gasteiger partial charge in [0.1, 0.15) is 5.56 Å². The van der Waals surface area contributed by atoms with Gasteiger partial charge in [-0.25, -0.2) is 9.78 Å². The van der Waals surface area contributed by atoms with Gasteiger partial charge in [-0.3, -0.25) is 9.59 Å². The van der Waals surface area contributed by atoms with Gasteiger partial charge in [0.15, 0.2) is 0 Å². The number of urea groups is 1. The van der Waals surface area contributed by atoms with Crippen molar-refractivity contribution in [2.45, 2.75) is 26.7 Å². The van der Waals surface area contributed by atoms with Gasteiger partial charge in [0, 0.05) is 6.54 Å². The molecule has 1 rings (SSSR count). The smallest absolute Gasteiger partial charge is 0.319 e. The van der Waals surface area contributed by atoms with Crippen LogP contribution in [0.1, 0.15) is 37.0 Å². The first-order chi connectivity index (χ1) is 11.3. The quantitative estimate of drug-likeness (QED) is 0.560. The Hall–Kier alpha value is -2.84. The van der Waals surface area contributed by atoms with E-state index in [1.54, 1.807) is 13.8 Å². The molecule has 1 heterocycles. The third-order valence-electron chi connectivity index (χ3n) is 3.96. The molecule has 0 unspecified atom stereocenters. The molecule has 0 aliphatic heterocycles. The number of carbonyl (C=O) groups is 3. The van der Waals surface area contributed by atoms with Gasteiger partial charge in [-0.2, -0.15) is 0 Å². The standard InChI is InChI=1S/C15H22N4O5/c1-4-15(5-2,13(21)22)8-18-14(23)19-9-6-10(11(16)20)12(24-3)17-7-9/h6-7H,4-5,8H2,1-3H3,(H2,16,20)(H,21,22)(H2,18,19,23). The molecule has 0 aliphatic rings. The number of hydrogen-bond donors (Lipinski definition) is 4. The van der Waals surface area contributed by atoms with E-state index in [0.29, 0.717) is 12.8 Å². The van der Waals surface area contributed by atoms with Crippen LogP contribution in [0.15, 0.2) is 12.3 Å². The number of primary amides is 1. The molecule has 5 N–H and O–H groups in total. The number of carboxylic acid groups (broad SMARTS) is 1. The van der Waals surface area contributed by atoms with Crippen molar-refractivity contribution in [2.24, 2.45) is 11.1 Å². The second kappa shape index (κ2) is 8.14. The number of aliphatic carboxylic acids is 1. The third-order valence-corrected chi connectivity index (χ3v) is 3.96. The first-order valence-corrected chi connectivity index (χ1v) is 7.41. The highest BCUT2D eigenvalue weighted by Gasteiger charge is 2.35. The Labute approximate surface area is 139 Å². The molecule has 0 spiro atoms. The average Bonchev–Trinajstić information content (AvgIpc) is 2.55. The van der Waals surface area contributed by atoms with Gasteiger partial charge in [-0.1, -0.05) is 13.8 Å². The summed E-state index contributed by atoms with van der Waals surface area (Å²) in [5.74, 6) is -1.66. The van der Waals surface area contributed by atoms with Crippen LogP contribution in [-0.2, 0) is 4.79 Å². The zero-order chi connectivity index (χ0) is 18.3. The molecule has 0 fully saturated rings. The first kappa shape index (κ1) is 19.2. The largest absolute Gasteiger partial charge is 0.481 e. The number of ether oxygens (including phenoxy) is 1. The maximum absolute atomic E-state index is 12.0. The van der Waals surface area contributed by atoms with Gasteiger partial charge in [0.25, 0.3) is 5.91 Å². The SMILES string of the molecule is CCC(CC)(CNC(=O)Nc1cnc(OC)c(C(N)=O)c1)C(=O)O. The van der Waals surface area contributed by atoms with E-state index in [1.807, 2.05) is 0 Å². The molecule has 1 aromatic heterocycles. The van der Waals surface area contributed by atoms with Gasteiger partial charge >= 0.3 is 12.0 Å². The maximum Gasteiger partial charge on any atom is 0.319 e. The number of nitrogens with one attached hydrogen (secondary N) is 2. The summed E-state index contributed by atoms with van der Waals surface area (Å²) in [5, 5.41) is 14.3. The molecule has 24 heavy (non-hydrogen) atoms. The van der Waals surface area contributed by atoms with Crippen molar-refractivity contribution in [3.8, 4) is 5.88 Å². The average molecular weight is 338 g/mol. The minimum atomic E-state index is -1.02. The lowest BCUT2D eigenvalue weighted by atomic mass is 9.82. The van der Waals surface area contributed by atoms with Crippen molar-refractivity contribution >= 4 is 23.6 Å². The lowest BCUT2D eigenvalue weighted by Gasteiger charge is -2.26. The van der Waals surface area contributed by atoms with E-state index in [0.717, 1.165) is 0 Å². The van der Waals surface area contributed by atoms with E-state index in [1.165, 1.54) is 19.4 Å². The van der Waals surface area contributed by atoms with Crippen LogP contribution in [0.3, 0.4) is 0 Å². The van der Waals surface area contributed by atoms with Crippen LogP contribution in [0.4, 0.5) is 10.5 Å². The number of nitrogens with zero attached hydrogens (tertiary/aromatic N) is 1. The Morgan fingerprint density at radius 3 is 2.42 bits per heavy atom. The molecule has 0 atom stereocenters. The highest BCUT2D eigenvalue weighted by Crippen LogP contribution is 2.25. The number of rotatable bonds is 8. The lowest BCUT2D eigenvalue weighted by molar-refractivity contribution is -0.149. The summed E-state index contributed by atoms with van der Waals surface area (Å²) in [6.45, 7) is 3.49. The Morgan fingerprint density at radius 2 is 1.96 bits per heavy atom. The zero-order valence-electron chi connectivity index (χ0n) is 13.9. The molecule has 0 aliphatic carbocycles. The number of methoxy groups -OCH3 is 1. The minimum Gasteiger partial charge on any atom is -0.481 e. The van der Waals surface area contributed by atoms with Crippen molar-refractivity contribution in [3.05, 3.63) is 17.8 Å². The highest BCUT2D eigenvalue weighted by atomic mass is 16.5. The highest BCUT2D eigenvalue weighted by molar-refractivity contribution is 5.97. The molecule has 3 amide bonds. The summed E-state index contributed by atoms with van der Waals surface area (Å²) in [6, 6.07) is 0.725. The number of pyridine rings is 1. The molecule has 9 nitrogen and oxygen atoms in total. The second-order valence-electron chi connectivity index (χ2n) is 5.25. The maximum atomic E-state index is 12.0. The van der Waals surface area contributed by atoms with Crippen molar-refractivity contribution in [1.82, 2.24) is 10.3 Å². The predicted molar refractivity (Wildman–Crippen MR) is 87.0 cm³/mol. The molecule has 0 saturated carbocycles.